The molecule has 0 amide bonds. The van der Waals surface area contributed by atoms with Crippen molar-refractivity contribution in [1.82, 2.24) is 10.3 Å². The van der Waals surface area contributed by atoms with E-state index >= 15 is 0 Å². The van der Waals surface area contributed by atoms with E-state index in [2.05, 4.69) is 17.2 Å². The largest absolute Gasteiger partial charge is 0.490 e. The van der Waals surface area contributed by atoms with Gasteiger partial charge in [0.25, 0.3) is 0 Å². The van der Waals surface area contributed by atoms with Crippen LogP contribution in [0.2, 0.25) is 0 Å². The van der Waals surface area contributed by atoms with Gasteiger partial charge in [-0.2, -0.15) is 0 Å². The van der Waals surface area contributed by atoms with Gasteiger partial charge in [0.1, 0.15) is 5.75 Å². The second-order valence-electron chi connectivity index (χ2n) is 4.41. The van der Waals surface area contributed by atoms with Gasteiger partial charge in [-0.25, -0.2) is 0 Å². The highest BCUT2D eigenvalue weighted by molar-refractivity contribution is 5.44. The van der Waals surface area contributed by atoms with Gasteiger partial charge in [0.15, 0.2) is 11.5 Å². The topological polar surface area (TPSA) is 43.4 Å². The zero-order valence-corrected chi connectivity index (χ0v) is 11.9. The molecule has 0 aliphatic heterocycles. The first-order chi connectivity index (χ1) is 9.85. The molecule has 106 valence electrons. The van der Waals surface area contributed by atoms with Gasteiger partial charge in [0.05, 0.1) is 12.8 Å². The van der Waals surface area contributed by atoms with Crippen molar-refractivity contribution in [3.63, 3.8) is 0 Å². The zero-order chi connectivity index (χ0) is 14.2. The number of ether oxygens (including phenoxy) is 2. The molecule has 2 aromatic rings. The number of aromatic nitrogens is 1. The molecule has 0 aliphatic carbocycles. The number of hydrogen-bond acceptors (Lipinski definition) is 4. The summed E-state index contributed by atoms with van der Waals surface area (Å²) in [6.45, 7) is 3.49. The third-order valence-corrected chi connectivity index (χ3v) is 2.77. The van der Waals surface area contributed by atoms with Gasteiger partial charge in [-0.15, -0.1) is 0 Å². The Kier molecular flexibility index (Phi) is 5.38. The molecule has 0 unspecified atom stereocenters. The van der Waals surface area contributed by atoms with E-state index in [1.165, 1.54) is 0 Å². The highest BCUT2D eigenvalue weighted by Crippen LogP contribution is 2.32. The molecule has 1 aromatic carbocycles. The fourth-order valence-electron chi connectivity index (χ4n) is 1.82. The van der Waals surface area contributed by atoms with Gasteiger partial charge >= 0.3 is 0 Å². The molecule has 1 N–H and O–H groups in total. The van der Waals surface area contributed by atoms with Crippen molar-refractivity contribution < 1.29 is 9.47 Å². The number of nitrogens with zero attached hydrogens (tertiary/aromatic N) is 1. The zero-order valence-electron chi connectivity index (χ0n) is 11.9. The van der Waals surface area contributed by atoms with Crippen molar-refractivity contribution in [1.29, 1.82) is 0 Å². The molecule has 1 heterocycles. The van der Waals surface area contributed by atoms with E-state index in [-0.39, 0.29) is 0 Å². The molecule has 0 saturated carbocycles. The molecule has 0 saturated heterocycles. The second kappa shape index (κ2) is 7.50. The highest BCUT2D eigenvalue weighted by atomic mass is 16.5. The first-order valence-corrected chi connectivity index (χ1v) is 6.82. The van der Waals surface area contributed by atoms with Crippen LogP contribution in [0, 0.1) is 0 Å². The highest BCUT2D eigenvalue weighted by Gasteiger charge is 2.08. The van der Waals surface area contributed by atoms with Gasteiger partial charge in [-0.3, -0.25) is 4.98 Å². The lowest BCUT2D eigenvalue weighted by Gasteiger charge is -2.14. The normalized spacial score (nSPS) is 10.3. The number of pyridine rings is 1. The molecule has 0 aliphatic rings. The fourth-order valence-corrected chi connectivity index (χ4v) is 1.82. The Hall–Kier alpha value is -2.07. The lowest BCUT2D eigenvalue weighted by molar-refractivity contribution is 0.301. The summed E-state index contributed by atoms with van der Waals surface area (Å²) in [4.78, 5) is 4.12. The number of rotatable bonds is 7. The molecule has 4 heteroatoms. The first kappa shape index (κ1) is 14.3. The summed E-state index contributed by atoms with van der Waals surface area (Å²) in [6.07, 6.45) is 4.45. The Bertz CT molecular complexity index is 544. The van der Waals surface area contributed by atoms with Crippen LogP contribution in [-0.2, 0) is 6.54 Å². The number of hydrogen-bond donors (Lipinski definition) is 1. The predicted molar refractivity (Wildman–Crippen MR) is 79.3 cm³/mol. The fraction of sp³-hybridized carbons (Fsp3) is 0.312. The van der Waals surface area contributed by atoms with Crippen LogP contribution in [0.1, 0.15) is 18.9 Å². The monoisotopic (exact) mass is 272 g/mol. The number of benzene rings is 1. The summed E-state index contributed by atoms with van der Waals surface area (Å²) >= 11 is 0. The van der Waals surface area contributed by atoms with Crippen LogP contribution in [0.3, 0.4) is 0 Å². The van der Waals surface area contributed by atoms with Gasteiger partial charge in [-0.05, 0) is 31.7 Å². The average Bonchev–Trinajstić information content (AvgIpc) is 2.49. The minimum absolute atomic E-state index is 0.677. The van der Waals surface area contributed by atoms with E-state index in [9.17, 15) is 0 Å². The Morgan fingerprint density at radius 1 is 1.10 bits per heavy atom. The summed E-state index contributed by atoms with van der Waals surface area (Å²) in [6, 6.07) is 9.64. The van der Waals surface area contributed by atoms with Gasteiger partial charge < -0.3 is 14.8 Å². The lowest BCUT2D eigenvalue weighted by Crippen LogP contribution is -2.06. The van der Waals surface area contributed by atoms with E-state index in [4.69, 9.17) is 9.47 Å². The second-order valence-corrected chi connectivity index (χ2v) is 4.41. The molecule has 0 fully saturated rings. The Morgan fingerprint density at radius 2 is 1.90 bits per heavy atom. The predicted octanol–water partition coefficient (Wildman–Crippen LogP) is 3.38. The standard InChI is InChI=1S/C16H20N2O2/c1-3-10-19-14-6-4-5-7-15(14)20-16-12-18-9-8-13(16)11-17-2/h4-9,12,17H,3,10-11H2,1-2H3. The van der Waals surface area contributed by atoms with Crippen LogP contribution in [0.25, 0.3) is 0 Å². The summed E-state index contributed by atoms with van der Waals surface area (Å²) in [5.74, 6) is 2.22. The summed E-state index contributed by atoms with van der Waals surface area (Å²) in [5.41, 5.74) is 1.06. The molecule has 20 heavy (non-hydrogen) atoms. The maximum Gasteiger partial charge on any atom is 0.169 e. The van der Waals surface area contributed by atoms with Crippen molar-refractivity contribution in [3.8, 4) is 17.2 Å². The number of nitrogens with one attached hydrogen (secondary N) is 1. The molecule has 0 spiro atoms. The van der Waals surface area contributed by atoms with Crippen LogP contribution < -0.4 is 14.8 Å². The molecular formula is C16H20N2O2. The van der Waals surface area contributed by atoms with E-state index in [1.54, 1.807) is 12.4 Å². The molecule has 0 bridgehead atoms. The minimum Gasteiger partial charge on any atom is -0.490 e. The van der Waals surface area contributed by atoms with Crippen molar-refractivity contribution in [3.05, 3.63) is 48.3 Å². The Morgan fingerprint density at radius 3 is 2.65 bits per heavy atom. The molecule has 0 radical (unpaired) electrons. The molecular weight excluding hydrogens is 252 g/mol. The molecule has 4 nitrogen and oxygen atoms in total. The van der Waals surface area contributed by atoms with Crippen molar-refractivity contribution in [2.24, 2.45) is 0 Å². The van der Waals surface area contributed by atoms with E-state index in [1.807, 2.05) is 37.4 Å². The molecule has 1 aromatic heterocycles. The molecule has 0 atom stereocenters. The third kappa shape index (κ3) is 3.71. The SMILES string of the molecule is CCCOc1ccccc1Oc1cnccc1CNC. The van der Waals surface area contributed by atoms with E-state index in [0.717, 1.165) is 30.0 Å². The molecule has 2 rings (SSSR count). The summed E-state index contributed by atoms with van der Waals surface area (Å²) in [7, 11) is 1.91. The van der Waals surface area contributed by atoms with Crippen molar-refractivity contribution in [2.75, 3.05) is 13.7 Å². The Labute approximate surface area is 119 Å². The van der Waals surface area contributed by atoms with E-state index in [0.29, 0.717) is 12.4 Å². The lowest BCUT2D eigenvalue weighted by atomic mass is 10.2. The first-order valence-electron chi connectivity index (χ1n) is 6.82. The minimum atomic E-state index is 0.677. The van der Waals surface area contributed by atoms with Gasteiger partial charge in [0, 0.05) is 18.3 Å². The van der Waals surface area contributed by atoms with Crippen LogP contribution in [0.5, 0.6) is 17.2 Å². The van der Waals surface area contributed by atoms with Crippen LogP contribution in [0.15, 0.2) is 42.7 Å². The Balaban J connectivity index is 2.21. The van der Waals surface area contributed by atoms with Crippen LogP contribution in [-0.4, -0.2) is 18.6 Å². The van der Waals surface area contributed by atoms with Crippen molar-refractivity contribution in [2.45, 2.75) is 19.9 Å². The maximum atomic E-state index is 5.96. The van der Waals surface area contributed by atoms with Gasteiger partial charge in [-0.1, -0.05) is 19.1 Å². The summed E-state index contributed by atoms with van der Waals surface area (Å²) in [5, 5.41) is 3.12. The average molecular weight is 272 g/mol. The third-order valence-electron chi connectivity index (χ3n) is 2.77. The van der Waals surface area contributed by atoms with E-state index < -0.39 is 0 Å². The van der Waals surface area contributed by atoms with Crippen molar-refractivity contribution >= 4 is 0 Å². The van der Waals surface area contributed by atoms with Gasteiger partial charge in [0.2, 0.25) is 0 Å². The smallest absolute Gasteiger partial charge is 0.169 e. The number of para-hydroxylation sites is 2. The summed E-state index contributed by atoms with van der Waals surface area (Å²) < 4.78 is 11.7. The van der Waals surface area contributed by atoms with Crippen LogP contribution >= 0.6 is 0 Å². The maximum absolute atomic E-state index is 5.96. The van der Waals surface area contributed by atoms with Crippen LogP contribution in [0.4, 0.5) is 0 Å². The quantitative estimate of drug-likeness (QED) is 0.839.